The monoisotopic (exact) mass is 376 g/mol. The van der Waals surface area contributed by atoms with Crippen LogP contribution in [0.3, 0.4) is 0 Å². The van der Waals surface area contributed by atoms with Gasteiger partial charge in [0, 0.05) is 23.6 Å². The summed E-state index contributed by atoms with van der Waals surface area (Å²) in [6, 6.07) is 23.1. The molecule has 0 saturated heterocycles. The predicted octanol–water partition coefficient (Wildman–Crippen LogP) is 4.08. The van der Waals surface area contributed by atoms with Gasteiger partial charge in [0.15, 0.2) is 0 Å². The summed E-state index contributed by atoms with van der Waals surface area (Å²) in [6.07, 6.45) is -0.174. The molecule has 0 saturated carbocycles. The summed E-state index contributed by atoms with van der Waals surface area (Å²) >= 11 is 0. The van der Waals surface area contributed by atoms with Crippen molar-refractivity contribution in [1.29, 1.82) is 0 Å². The zero-order valence-corrected chi connectivity index (χ0v) is 15.3. The first-order chi connectivity index (χ1) is 13.6. The van der Waals surface area contributed by atoms with E-state index in [4.69, 9.17) is 5.73 Å². The third-order valence-corrected chi connectivity index (χ3v) is 4.45. The Kier molecular flexibility index (Phi) is 6.29. The summed E-state index contributed by atoms with van der Waals surface area (Å²) in [5.74, 6) is -1.32. The third-order valence-electron chi connectivity index (χ3n) is 4.45. The molecule has 3 rings (SSSR count). The van der Waals surface area contributed by atoms with Crippen LogP contribution in [-0.4, -0.2) is 16.7 Å². The number of nitrogens with zero attached hydrogens (tertiary/aromatic N) is 1. The number of hydrogen-bond donors (Lipinski definition) is 1. The molecule has 28 heavy (non-hydrogen) atoms. The van der Waals surface area contributed by atoms with E-state index in [-0.39, 0.29) is 18.5 Å². The highest BCUT2D eigenvalue weighted by atomic mass is 19.1. The molecule has 3 aromatic carbocycles. The van der Waals surface area contributed by atoms with Crippen molar-refractivity contribution in [2.75, 3.05) is 0 Å². The molecule has 0 bridgehead atoms. The molecule has 0 fully saturated rings. The number of benzene rings is 3. The third kappa shape index (κ3) is 4.69. The van der Waals surface area contributed by atoms with Gasteiger partial charge in [-0.3, -0.25) is 14.5 Å². The lowest BCUT2D eigenvalue weighted by Crippen LogP contribution is -2.38. The van der Waals surface area contributed by atoms with Crippen LogP contribution < -0.4 is 5.73 Å². The van der Waals surface area contributed by atoms with E-state index >= 15 is 0 Å². The maximum absolute atomic E-state index is 14.0. The number of rotatable bonds is 6. The second kappa shape index (κ2) is 9.06. The molecule has 0 aromatic heterocycles. The van der Waals surface area contributed by atoms with Crippen LogP contribution in [0.4, 0.5) is 4.39 Å². The van der Waals surface area contributed by atoms with Gasteiger partial charge in [0.2, 0.25) is 5.91 Å². The standard InChI is InChI=1S/C23H21FN2O2/c24-20-14-8-7-13-19(20)21(25)15-22(27)26(16-17-9-3-1-4-10-17)23(28)18-11-5-2-6-12-18/h1-14,21H,15-16,25H2. The highest BCUT2D eigenvalue weighted by Gasteiger charge is 2.25. The molecule has 0 aliphatic carbocycles. The highest BCUT2D eigenvalue weighted by molar-refractivity contribution is 6.04. The van der Waals surface area contributed by atoms with Crippen molar-refractivity contribution < 1.29 is 14.0 Å². The molecule has 2 N–H and O–H groups in total. The van der Waals surface area contributed by atoms with Gasteiger partial charge >= 0.3 is 0 Å². The maximum Gasteiger partial charge on any atom is 0.260 e. The van der Waals surface area contributed by atoms with E-state index in [1.807, 2.05) is 30.3 Å². The van der Waals surface area contributed by atoms with Crippen LogP contribution >= 0.6 is 0 Å². The van der Waals surface area contributed by atoms with Crippen LogP contribution in [0, 0.1) is 5.82 Å². The van der Waals surface area contributed by atoms with E-state index in [0.29, 0.717) is 5.56 Å². The summed E-state index contributed by atoms with van der Waals surface area (Å²) in [6.45, 7) is 0.122. The topological polar surface area (TPSA) is 63.4 Å². The first kappa shape index (κ1) is 19.5. The van der Waals surface area contributed by atoms with E-state index in [0.717, 1.165) is 5.56 Å². The van der Waals surface area contributed by atoms with Gasteiger partial charge in [-0.15, -0.1) is 0 Å². The minimum atomic E-state index is -0.837. The molecule has 142 valence electrons. The van der Waals surface area contributed by atoms with Gasteiger partial charge in [0.1, 0.15) is 5.82 Å². The van der Waals surface area contributed by atoms with Gasteiger partial charge in [0.25, 0.3) is 5.91 Å². The van der Waals surface area contributed by atoms with Crippen molar-refractivity contribution in [1.82, 2.24) is 4.90 Å². The van der Waals surface area contributed by atoms with E-state index in [9.17, 15) is 14.0 Å². The Morgan fingerprint density at radius 2 is 1.43 bits per heavy atom. The van der Waals surface area contributed by atoms with Gasteiger partial charge in [0.05, 0.1) is 6.54 Å². The van der Waals surface area contributed by atoms with E-state index in [1.165, 1.54) is 11.0 Å². The lowest BCUT2D eigenvalue weighted by atomic mass is 10.0. The molecule has 5 heteroatoms. The minimum absolute atomic E-state index is 0.122. The minimum Gasteiger partial charge on any atom is -0.323 e. The smallest absolute Gasteiger partial charge is 0.260 e. The first-order valence-electron chi connectivity index (χ1n) is 9.00. The fraction of sp³-hybridized carbons (Fsp3) is 0.130. The quantitative estimate of drug-likeness (QED) is 0.705. The molecule has 0 aliphatic rings. The summed E-state index contributed by atoms with van der Waals surface area (Å²) < 4.78 is 14.0. The van der Waals surface area contributed by atoms with Crippen LogP contribution in [0.2, 0.25) is 0 Å². The second-order valence-electron chi connectivity index (χ2n) is 6.47. The van der Waals surface area contributed by atoms with Crippen LogP contribution in [0.25, 0.3) is 0 Å². The summed E-state index contributed by atoms with van der Waals surface area (Å²) in [5.41, 5.74) is 7.55. The van der Waals surface area contributed by atoms with E-state index in [2.05, 4.69) is 0 Å². The average molecular weight is 376 g/mol. The Bertz CT molecular complexity index is 945. The molecule has 0 heterocycles. The summed E-state index contributed by atoms with van der Waals surface area (Å²) in [5, 5.41) is 0. The Labute approximate surface area is 163 Å². The maximum atomic E-state index is 14.0. The first-order valence-corrected chi connectivity index (χ1v) is 9.00. The summed E-state index contributed by atoms with van der Waals surface area (Å²) in [7, 11) is 0. The molecule has 3 aromatic rings. The molecular weight excluding hydrogens is 355 g/mol. The van der Waals surface area contributed by atoms with Crippen LogP contribution in [0.15, 0.2) is 84.9 Å². The van der Waals surface area contributed by atoms with Gasteiger partial charge in [-0.25, -0.2) is 4.39 Å². The number of carbonyl (C=O) groups excluding carboxylic acids is 2. The number of amides is 2. The van der Waals surface area contributed by atoms with Gasteiger partial charge in [-0.2, -0.15) is 0 Å². The Morgan fingerprint density at radius 3 is 2.07 bits per heavy atom. The van der Waals surface area contributed by atoms with Crippen molar-refractivity contribution in [3.63, 3.8) is 0 Å². The molecular formula is C23H21FN2O2. The zero-order valence-electron chi connectivity index (χ0n) is 15.3. The fourth-order valence-electron chi connectivity index (χ4n) is 2.96. The molecule has 0 spiro atoms. The summed E-state index contributed by atoms with van der Waals surface area (Å²) in [4.78, 5) is 27.1. The molecule has 0 radical (unpaired) electrons. The SMILES string of the molecule is NC(CC(=O)N(Cc1ccccc1)C(=O)c1ccccc1)c1ccccc1F. The van der Waals surface area contributed by atoms with Crippen molar-refractivity contribution in [2.24, 2.45) is 5.73 Å². The average Bonchev–Trinajstić information content (AvgIpc) is 2.73. The van der Waals surface area contributed by atoms with Crippen LogP contribution in [0.1, 0.15) is 33.9 Å². The van der Waals surface area contributed by atoms with Gasteiger partial charge in [-0.05, 0) is 23.8 Å². The van der Waals surface area contributed by atoms with Gasteiger partial charge < -0.3 is 5.73 Å². The highest BCUT2D eigenvalue weighted by Crippen LogP contribution is 2.20. The van der Waals surface area contributed by atoms with Crippen molar-refractivity contribution in [3.05, 3.63) is 107 Å². The number of carbonyl (C=O) groups is 2. The van der Waals surface area contributed by atoms with Crippen LogP contribution in [-0.2, 0) is 11.3 Å². The molecule has 1 atom stereocenters. The van der Waals surface area contributed by atoms with Crippen LogP contribution in [0.5, 0.6) is 0 Å². The zero-order chi connectivity index (χ0) is 19.9. The Balaban J connectivity index is 1.84. The molecule has 4 nitrogen and oxygen atoms in total. The van der Waals surface area contributed by atoms with Crippen molar-refractivity contribution in [2.45, 2.75) is 19.0 Å². The Hall–Kier alpha value is -3.31. The van der Waals surface area contributed by atoms with Crippen molar-refractivity contribution in [3.8, 4) is 0 Å². The number of nitrogens with two attached hydrogens (primary N) is 1. The normalized spacial score (nSPS) is 11.6. The van der Waals surface area contributed by atoms with E-state index < -0.39 is 23.7 Å². The fourth-order valence-corrected chi connectivity index (χ4v) is 2.96. The van der Waals surface area contributed by atoms with Gasteiger partial charge in [-0.1, -0.05) is 66.7 Å². The lowest BCUT2D eigenvalue weighted by molar-refractivity contribution is -0.129. The lowest BCUT2D eigenvalue weighted by Gasteiger charge is -2.23. The number of halogens is 1. The molecule has 2 amide bonds. The second-order valence-corrected chi connectivity index (χ2v) is 6.47. The largest absolute Gasteiger partial charge is 0.323 e. The van der Waals surface area contributed by atoms with E-state index in [1.54, 1.807) is 48.5 Å². The number of hydrogen-bond acceptors (Lipinski definition) is 3. The molecule has 0 aliphatic heterocycles. The molecule has 1 unspecified atom stereocenters. The number of imide groups is 1. The van der Waals surface area contributed by atoms with Crippen molar-refractivity contribution >= 4 is 11.8 Å². The predicted molar refractivity (Wildman–Crippen MR) is 106 cm³/mol. The Morgan fingerprint density at radius 1 is 0.857 bits per heavy atom.